The first-order chi connectivity index (χ1) is 49.5. The zero-order valence-electron chi connectivity index (χ0n) is 51.1. The second kappa shape index (κ2) is 32.9. The summed E-state index contributed by atoms with van der Waals surface area (Å²) in [5.41, 5.74) is -12.1. The number of sulfone groups is 4. The maximum atomic E-state index is 13.3. The monoisotopic (exact) mass is 2050 g/mol. The molecule has 0 saturated carbocycles. The molecule has 82 heteroatoms. The van der Waals surface area contributed by atoms with E-state index in [2.05, 4.69) is 5.14 Å². The SMILES string of the molecule is NS(=O)(=O)C(F)(F)C(F)(F)C(F)(F)C(F)(F)F.O=S(=O)(CS(=O)(=O)C(F)(F)C(F)(F)C(F)(F)C(F)(F)F)C(F)(F)C(F)(F)C(F)(F)C(F)(F)F.O=S(=O)(CS(=O)(=O)C(F)(F)F)C(F)(F)F.O=S(=O)(NS(=O)(=O)c1ccccc1)c1ccccc1.O=S(=O)(O)C(F)(F)C(F)(F)C(F)(F)C(F)(F)F.O=S1(=O)NS(=O)(=O)C(F)(F)C(F)(F)C1(F)F. The first kappa shape index (κ1) is 116. The summed E-state index contributed by atoms with van der Waals surface area (Å²) in [6.07, 6.45) is -29.7. The topological polar surface area (TPSA) is 412 Å². The molecule has 0 aromatic heterocycles. The Morgan fingerprint density at radius 1 is 0.308 bits per heavy atom. The summed E-state index contributed by atoms with van der Waals surface area (Å²) in [6, 6.07) is 14.6. The van der Waals surface area contributed by atoms with E-state index in [0.717, 1.165) is 0 Å². The number of nitrogens with one attached hydrogen (secondary N) is 2. The van der Waals surface area contributed by atoms with Crippen molar-refractivity contribution in [2.24, 2.45) is 5.14 Å². The van der Waals surface area contributed by atoms with Crippen LogP contribution in [0.2, 0.25) is 0 Å². The smallest absolute Gasteiger partial charge is 0.281 e. The van der Waals surface area contributed by atoms with E-state index < -0.39 is 230 Å². The van der Waals surface area contributed by atoms with Gasteiger partial charge >= 0.3 is 131 Å². The summed E-state index contributed by atoms with van der Waals surface area (Å²) in [5.74, 6) is -68.4. The van der Waals surface area contributed by atoms with E-state index in [1.54, 1.807) is 16.3 Å². The van der Waals surface area contributed by atoms with Crippen molar-refractivity contribution in [2.45, 2.75) is 130 Å². The Morgan fingerprint density at radius 3 is 0.675 bits per heavy atom. The van der Waals surface area contributed by atoms with Crippen molar-refractivity contribution in [3.8, 4) is 0 Å². The maximum Gasteiger partial charge on any atom is 0.498 e. The highest BCUT2D eigenvalue weighted by Gasteiger charge is 2.91. The minimum atomic E-state index is -8.43. The summed E-state index contributed by atoms with van der Waals surface area (Å²) < 4.78 is 808. The average Bonchev–Trinajstić information content (AvgIpc) is 0.690. The van der Waals surface area contributed by atoms with Crippen molar-refractivity contribution in [1.29, 1.82) is 0 Å². The van der Waals surface area contributed by atoms with Gasteiger partial charge in [-0.25, -0.2) is 80.9 Å². The van der Waals surface area contributed by atoms with Gasteiger partial charge in [-0.15, -0.1) is 4.13 Å². The Bertz CT molecular complexity index is 4760. The van der Waals surface area contributed by atoms with Crippen LogP contribution in [0.25, 0.3) is 0 Å². The first-order valence-electron chi connectivity index (χ1n) is 24.2. The molecule has 1 aliphatic rings. The van der Waals surface area contributed by atoms with Crippen LogP contribution in [0.4, 0.5) is 211 Å². The summed E-state index contributed by atoms with van der Waals surface area (Å²) in [7, 11) is -64.5. The van der Waals surface area contributed by atoms with Crippen LogP contribution in [-0.2, 0) is 99.6 Å². The molecule has 0 aliphatic carbocycles. The van der Waals surface area contributed by atoms with E-state index in [4.69, 9.17) is 4.55 Å². The van der Waals surface area contributed by atoms with E-state index in [9.17, 15) is 295 Å². The Hall–Kier alpha value is -5.58. The molecule has 3 rings (SSSR count). The van der Waals surface area contributed by atoms with E-state index in [1.807, 2.05) is 0 Å². The van der Waals surface area contributed by atoms with Gasteiger partial charge in [-0.3, -0.25) is 4.55 Å². The number of halogens is 48. The molecule has 0 atom stereocenters. The molecule has 0 amide bonds. The molecule has 696 valence electrons. The van der Waals surface area contributed by atoms with Crippen LogP contribution in [0, 0.1) is 0 Å². The largest absolute Gasteiger partial charge is 0.498 e. The van der Waals surface area contributed by atoms with Crippen molar-refractivity contribution < 1.29 is 299 Å². The van der Waals surface area contributed by atoms with Crippen LogP contribution in [0.15, 0.2) is 70.5 Å². The van der Waals surface area contributed by atoms with Gasteiger partial charge in [0, 0.05) is 0 Å². The molecular weight excluding hydrogens is 2030 g/mol. The van der Waals surface area contributed by atoms with Crippen molar-refractivity contribution in [2.75, 3.05) is 10.2 Å². The fourth-order valence-electron chi connectivity index (χ4n) is 5.06. The Kier molecular flexibility index (Phi) is 32.5. The van der Waals surface area contributed by atoms with Gasteiger partial charge in [-0.2, -0.15) is 219 Å². The number of sulfonamides is 5. The molecule has 1 aliphatic heterocycles. The molecule has 24 nitrogen and oxygen atoms in total. The standard InChI is InChI=1S/C12H11NO4S2.C9H2F18O4S2.C4H2F9NO2S.C4HF9O3S.C3HF6NO4S2.C3H2F6O4S2/c14-18(15,11-7-3-1-4-8-11)13-19(16,17)12-9-5-2-6-10-12;10-2(11,6(18,19)20)4(14,15)8(24,25)32(28,29)1-33(30,31)9(26,27)5(16,17)3(12,13)7(21,22)23;2*5-1(6,3(9,10)11)2(7,8)4(12,13)17(14,15)16;4-1(5)2(6,7)15(11,12)10-16(13,14)3(1,8)9;4-2(5,6)14(10,11)1-15(12,13)3(7,8)9/h1-10,13H;1H2;(H2,14,15,16);(H,14,15,16);10H;1H2. The second-order valence-corrected chi connectivity index (χ2v) is 38.8. The molecule has 1 saturated heterocycles. The summed E-state index contributed by atoms with van der Waals surface area (Å²) in [5, 5.41) is -46.6. The summed E-state index contributed by atoms with van der Waals surface area (Å²) in [6.45, 7) is 0. The summed E-state index contributed by atoms with van der Waals surface area (Å²) in [4.78, 5) is -0.205. The average molecular weight is 2050 g/mol. The highest BCUT2D eigenvalue weighted by atomic mass is 32.3. The van der Waals surface area contributed by atoms with Crippen molar-refractivity contribution in [3.63, 3.8) is 0 Å². The number of rotatable bonds is 20. The molecule has 1 fully saturated rings. The van der Waals surface area contributed by atoms with E-state index >= 15 is 0 Å². The van der Waals surface area contributed by atoms with Crippen LogP contribution < -0.4 is 13.4 Å². The van der Waals surface area contributed by atoms with Gasteiger partial charge < -0.3 is 0 Å². The van der Waals surface area contributed by atoms with Crippen LogP contribution in [0.5, 0.6) is 0 Å². The Labute approximate surface area is 611 Å². The molecule has 5 N–H and O–H groups in total. The number of hydrogen-bond acceptors (Lipinski definition) is 20. The fraction of sp³-hybridized carbons (Fsp3) is 0.657. The molecule has 0 unspecified atom stereocenters. The summed E-state index contributed by atoms with van der Waals surface area (Å²) >= 11 is 0. The number of hydrogen-bond donors (Lipinski definition) is 4. The number of nitrogens with two attached hydrogens (primary N) is 1. The van der Waals surface area contributed by atoms with Crippen molar-refractivity contribution >= 4 is 99.6 Å². The predicted molar refractivity (Wildman–Crippen MR) is 272 cm³/mol. The van der Waals surface area contributed by atoms with Crippen LogP contribution in [-0.4, -0.2) is 219 Å². The lowest BCUT2D eigenvalue weighted by Crippen LogP contribution is -2.70. The third-order valence-electron chi connectivity index (χ3n) is 11.2. The molecule has 2 aromatic carbocycles. The molecule has 1 heterocycles. The van der Waals surface area contributed by atoms with E-state index in [0.29, 0.717) is 0 Å². The molecule has 117 heavy (non-hydrogen) atoms. The van der Waals surface area contributed by atoms with Gasteiger partial charge in [-0.1, -0.05) is 40.5 Å². The highest BCUT2D eigenvalue weighted by molar-refractivity contribution is 8.09. The lowest BCUT2D eigenvalue weighted by atomic mass is 10.1. The molecule has 0 bridgehead atoms. The van der Waals surface area contributed by atoms with Gasteiger partial charge in [0.05, 0.1) is 9.79 Å². The number of primary sulfonamides is 1. The van der Waals surface area contributed by atoms with Crippen molar-refractivity contribution in [1.82, 2.24) is 8.25 Å². The Balaban J connectivity index is -0.00000137. The van der Waals surface area contributed by atoms with Crippen LogP contribution >= 0.6 is 0 Å². The lowest BCUT2D eigenvalue weighted by molar-refractivity contribution is -0.382. The van der Waals surface area contributed by atoms with Gasteiger partial charge in [0.1, 0.15) is 0 Å². The Morgan fingerprint density at radius 2 is 0.496 bits per heavy atom. The minimum Gasteiger partial charge on any atom is -0.281 e. The molecular formula is C35H19F48N3O21S10. The normalized spacial score (nSPS) is 17.9. The van der Waals surface area contributed by atoms with Gasteiger partial charge in [0.2, 0.25) is 19.7 Å². The van der Waals surface area contributed by atoms with Crippen LogP contribution in [0.3, 0.4) is 0 Å². The quantitative estimate of drug-likeness (QED) is 0.0706. The molecule has 0 radical (unpaired) electrons. The van der Waals surface area contributed by atoms with Crippen molar-refractivity contribution in [3.05, 3.63) is 60.7 Å². The molecule has 2 aromatic rings. The zero-order valence-corrected chi connectivity index (χ0v) is 59.3. The maximum absolute atomic E-state index is 13.3. The van der Waals surface area contributed by atoms with E-state index in [1.165, 1.54) is 48.5 Å². The zero-order chi connectivity index (χ0) is 96.6. The third kappa shape index (κ3) is 21.7. The fourth-order valence-corrected chi connectivity index (χ4v) is 18.5. The third-order valence-corrected chi connectivity index (χ3v) is 28.7. The number of alkyl halides is 48. The van der Waals surface area contributed by atoms with Gasteiger partial charge in [-0.05, 0) is 24.3 Å². The second-order valence-electron chi connectivity index (χ2n) is 19.7. The predicted octanol–water partition coefficient (Wildman–Crippen LogP) is 10.9. The number of benzene rings is 2. The first-order valence-corrected chi connectivity index (χ1v) is 39.7. The van der Waals surface area contributed by atoms with Gasteiger partial charge in [0.25, 0.3) is 69.8 Å². The van der Waals surface area contributed by atoms with Crippen LogP contribution in [0.1, 0.15) is 0 Å². The minimum absolute atomic E-state index is 0.102. The highest BCUT2D eigenvalue weighted by Crippen LogP contribution is 2.60. The lowest BCUT2D eigenvalue weighted by Gasteiger charge is -2.35. The van der Waals surface area contributed by atoms with E-state index in [-0.39, 0.29) is 13.9 Å². The van der Waals surface area contributed by atoms with Gasteiger partial charge in [0.15, 0.2) is 10.2 Å². The molecule has 0 spiro atoms.